The Bertz CT molecular complexity index is 1110. The monoisotopic (exact) mass is 407 g/mol. The van der Waals surface area contributed by atoms with Gasteiger partial charge >= 0.3 is 0 Å². The lowest BCUT2D eigenvalue weighted by Crippen LogP contribution is -2.41. The number of hydrogen-bond acceptors (Lipinski definition) is 8. The maximum absolute atomic E-state index is 11.0. The van der Waals surface area contributed by atoms with Crippen molar-refractivity contribution in [2.75, 3.05) is 38.2 Å². The van der Waals surface area contributed by atoms with E-state index in [0.717, 1.165) is 24.6 Å². The molecule has 0 saturated carbocycles. The highest BCUT2D eigenvalue weighted by Gasteiger charge is 2.25. The number of ether oxygens (including phenoxy) is 1. The van der Waals surface area contributed by atoms with Gasteiger partial charge in [0.05, 0.1) is 41.3 Å². The summed E-state index contributed by atoms with van der Waals surface area (Å²) in [5.74, 6) is 2.24. The molecule has 1 fully saturated rings. The first-order valence-corrected chi connectivity index (χ1v) is 9.66. The largest absolute Gasteiger partial charge is 0.465 e. The molecule has 9 heteroatoms. The average Bonchev–Trinajstić information content (AvgIpc) is 3.19. The van der Waals surface area contributed by atoms with E-state index in [4.69, 9.17) is 9.15 Å². The van der Waals surface area contributed by atoms with Gasteiger partial charge in [0.25, 0.3) is 5.69 Å². The average molecular weight is 407 g/mol. The fraction of sp³-hybridized carbons (Fsp3) is 0.333. The second-order valence-electron chi connectivity index (χ2n) is 7.12. The molecule has 0 amide bonds. The SMILES string of the molecule is Cc1ccc(C(CNc2cc(C#N)c3cc([N+](=O)[O-])ccc3n2)N2CCOCC2)o1. The van der Waals surface area contributed by atoms with Crippen LogP contribution in [0.3, 0.4) is 0 Å². The number of nitriles is 1. The van der Waals surface area contributed by atoms with E-state index < -0.39 is 4.92 Å². The summed E-state index contributed by atoms with van der Waals surface area (Å²) in [6, 6.07) is 12.0. The van der Waals surface area contributed by atoms with Crippen LogP contribution < -0.4 is 5.32 Å². The Hall–Kier alpha value is -3.48. The lowest BCUT2D eigenvalue weighted by atomic mass is 10.1. The fourth-order valence-corrected chi connectivity index (χ4v) is 3.64. The van der Waals surface area contributed by atoms with E-state index in [0.29, 0.717) is 42.0 Å². The summed E-state index contributed by atoms with van der Waals surface area (Å²) in [6.07, 6.45) is 0. The summed E-state index contributed by atoms with van der Waals surface area (Å²) < 4.78 is 11.3. The zero-order valence-corrected chi connectivity index (χ0v) is 16.5. The molecule has 30 heavy (non-hydrogen) atoms. The third-order valence-electron chi connectivity index (χ3n) is 5.18. The molecule has 1 aliphatic rings. The molecular weight excluding hydrogens is 386 g/mol. The lowest BCUT2D eigenvalue weighted by Gasteiger charge is -2.33. The van der Waals surface area contributed by atoms with E-state index in [1.165, 1.54) is 12.1 Å². The minimum atomic E-state index is -0.481. The number of benzene rings is 1. The summed E-state index contributed by atoms with van der Waals surface area (Å²) in [5, 5.41) is 24.4. The van der Waals surface area contributed by atoms with Crippen LogP contribution in [-0.2, 0) is 4.74 Å². The van der Waals surface area contributed by atoms with Crippen molar-refractivity contribution in [3.63, 3.8) is 0 Å². The Morgan fingerprint density at radius 1 is 1.30 bits per heavy atom. The molecule has 1 aromatic carbocycles. The van der Waals surface area contributed by atoms with Crippen molar-refractivity contribution < 1.29 is 14.1 Å². The fourth-order valence-electron chi connectivity index (χ4n) is 3.64. The lowest BCUT2D eigenvalue weighted by molar-refractivity contribution is -0.384. The molecule has 9 nitrogen and oxygen atoms in total. The van der Waals surface area contributed by atoms with Crippen molar-refractivity contribution in [1.29, 1.82) is 5.26 Å². The second-order valence-corrected chi connectivity index (χ2v) is 7.12. The molecule has 0 spiro atoms. The van der Waals surface area contributed by atoms with Gasteiger partial charge in [0.1, 0.15) is 17.3 Å². The summed E-state index contributed by atoms with van der Waals surface area (Å²) in [4.78, 5) is 17.4. The molecule has 2 aromatic heterocycles. The Balaban J connectivity index is 1.61. The minimum absolute atomic E-state index is 0.0116. The molecule has 1 saturated heterocycles. The summed E-state index contributed by atoms with van der Waals surface area (Å²) in [6.45, 7) is 5.37. The summed E-state index contributed by atoms with van der Waals surface area (Å²) >= 11 is 0. The molecule has 1 N–H and O–H groups in total. The number of furan rings is 1. The zero-order chi connectivity index (χ0) is 21.1. The van der Waals surface area contributed by atoms with Crippen LogP contribution in [-0.4, -0.2) is 47.7 Å². The molecule has 1 atom stereocenters. The van der Waals surface area contributed by atoms with Gasteiger partial charge in [-0.25, -0.2) is 4.98 Å². The molecule has 3 heterocycles. The van der Waals surface area contributed by atoms with E-state index in [1.807, 2.05) is 19.1 Å². The van der Waals surface area contributed by atoms with Gasteiger partial charge in [-0.1, -0.05) is 0 Å². The molecule has 0 aliphatic carbocycles. The minimum Gasteiger partial charge on any atom is -0.465 e. The number of pyridine rings is 1. The highest BCUT2D eigenvalue weighted by atomic mass is 16.6. The van der Waals surface area contributed by atoms with Gasteiger partial charge in [0, 0.05) is 37.2 Å². The standard InChI is InChI=1S/C21H21N5O4/c1-14-2-5-20(30-14)19(25-6-8-29-9-7-25)13-23-21-10-15(12-22)17-11-16(26(27)28)3-4-18(17)24-21/h2-5,10-11,19H,6-9,13H2,1H3,(H,23,24). The van der Waals surface area contributed by atoms with Gasteiger partial charge in [0.15, 0.2) is 0 Å². The van der Waals surface area contributed by atoms with Crippen LogP contribution in [0.15, 0.2) is 40.8 Å². The van der Waals surface area contributed by atoms with E-state index in [2.05, 4.69) is 21.3 Å². The van der Waals surface area contributed by atoms with Crippen LogP contribution in [0.2, 0.25) is 0 Å². The summed E-state index contributed by atoms with van der Waals surface area (Å²) in [5.41, 5.74) is 0.795. The zero-order valence-electron chi connectivity index (χ0n) is 16.5. The quantitative estimate of drug-likeness (QED) is 0.488. The number of nitrogens with zero attached hydrogens (tertiary/aromatic N) is 4. The van der Waals surface area contributed by atoms with Gasteiger partial charge in [-0.3, -0.25) is 15.0 Å². The molecule has 0 radical (unpaired) electrons. The van der Waals surface area contributed by atoms with Crippen molar-refractivity contribution in [3.05, 3.63) is 63.6 Å². The topological polar surface area (TPSA) is 117 Å². The summed E-state index contributed by atoms with van der Waals surface area (Å²) in [7, 11) is 0. The van der Waals surface area contributed by atoms with Crippen LogP contribution in [0.1, 0.15) is 23.1 Å². The first kappa shape index (κ1) is 19.8. The molecule has 1 unspecified atom stereocenters. The first-order valence-electron chi connectivity index (χ1n) is 9.66. The van der Waals surface area contributed by atoms with Crippen LogP contribution in [0.4, 0.5) is 11.5 Å². The van der Waals surface area contributed by atoms with Gasteiger partial charge in [-0.05, 0) is 31.2 Å². The number of aryl methyl sites for hydroxylation is 1. The van der Waals surface area contributed by atoms with Gasteiger partial charge in [0.2, 0.25) is 0 Å². The van der Waals surface area contributed by atoms with Crippen LogP contribution in [0.25, 0.3) is 10.9 Å². The van der Waals surface area contributed by atoms with Crippen molar-refractivity contribution in [2.24, 2.45) is 0 Å². The van der Waals surface area contributed by atoms with Gasteiger partial charge in [-0.15, -0.1) is 0 Å². The number of rotatable bonds is 6. The molecule has 3 aromatic rings. The van der Waals surface area contributed by atoms with Crippen molar-refractivity contribution in [2.45, 2.75) is 13.0 Å². The predicted molar refractivity (Wildman–Crippen MR) is 110 cm³/mol. The maximum Gasteiger partial charge on any atom is 0.270 e. The molecule has 1 aliphatic heterocycles. The molecule has 4 rings (SSSR count). The van der Waals surface area contributed by atoms with Crippen molar-refractivity contribution >= 4 is 22.4 Å². The molecule has 154 valence electrons. The number of morpholine rings is 1. The number of non-ortho nitro benzene ring substituents is 1. The van der Waals surface area contributed by atoms with E-state index >= 15 is 0 Å². The first-order chi connectivity index (χ1) is 14.5. The van der Waals surface area contributed by atoms with E-state index in [1.54, 1.807) is 12.1 Å². The smallest absolute Gasteiger partial charge is 0.270 e. The number of aromatic nitrogens is 1. The van der Waals surface area contributed by atoms with Crippen LogP contribution in [0, 0.1) is 28.4 Å². The molecular formula is C21H21N5O4. The Kier molecular flexibility index (Phi) is 5.61. The van der Waals surface area contributed by atoms with Crippen molar-refractivity contribution in [3.8, 4) is 6.07 Å². The maximum atomic E-state index is 11.0. The van der Waals surface area contributed by atoms with Crippen molar-refractivity contribution in [1.82, 2.24) is 9.88 Å². The predicted octanol–water partition coefficient (Wildman–Crippen LogP) is 3.40. The number of fused-ring (bicyclic) bond motifs is 1. The number of anilines is 1. The third-order valence-corrected chi connectivity index (χ3v) is 5.18. The van der Waals surface area contributed by atoms with Crippen LogP contribution >= 0.6 is 0 Å². The van der Waals surface area contributed by atoms with E-state index in [9.17, 15) is 15.4 Å². The normalized spacial score (nSPS) is 15.6. The number of nitro groups is 1. The third kappa shape index (κ3) is 4.10. The molecule has 0 bridgehead atoms. The second kappa shape index (κ2) is 8.49. The number of hydrogen-bond donors (Lipinski definition) is 1. The van der Waals surface area contributed by atoms with Crippen LogP contribution in [0.5, 0.6) is 0 Å². The van der Waals surface area contributed by atoms with Gasteiger partial charge < -0.3 is 14.5 Å². The highest BCUT2D eigenvalue weighted by molar-refractivity contribution is 5.88. The highest BCUT2D eigenvalue weighted by Crippen LogP contribution is 2.27. The Morgan fingerprint density at radius 3 is 2.77 bits per heavy atom. The Labute approximate surface area is 173 Å². The van der Waals surface area contributed by atoms with Gasteiger partial charge in [-0.2, -0.15) is 5.26 Å². The number of nitrogens with one attached hydrogen (secondary N) is 1. The van der Waals surface area contributed by atoms with E-state index in [-0.39, 0.29) is 11.7 Å². The Morgan fingerprint density at radius 2 is 2.10 bits per heavy atom. The number of nitro benzene ring substituents is 1.